The van der Waals surface area contributed by atoms with E-state index in [-0.39, 0.29) is 5.56 Å². The zero-order chi connectivity index (χ0) is 18.0. The Kier molecular flexibility index (Phi) is 5.23. The first kappa shape index (κ1) is 17.7. The highest BCUT2D eigenvalue weighted by Gasteiger charge is 2.26. The fourth-order valence-corrected chi connectivity index (χ4v) is 3.30. The van der Waals surface area contributed by atoms with E-state index < -0.39 is 0 Å². The Labute approximate surface area is 149 Å². The molecule has 2 heterocycles. The molecule has 0 atom stereocenters. The lowest BCUT2D eigenvalue weighted by molar-refractivity contribution is 0.194. The summed E-state index contributed by atoms with van der Waals surface area (Å²) in [4.78, 5) is 22.1. The first-order chi connectivity index (χ1) is 12.0. The number of aryl methyl sites for hydroxylation is 2. The molecular weight excluding hydrogens is 312 g/mol. The van der Waals surface area contributed by atoms with Gasteiger partial charge in [0, 0.05) is 23.5 Å². The van der Waals surface area contributed by atoms with Crippen molar-refractivity contribution in [2.24, 2.45) is 0 Å². The van der Waals surface area contributed by atoms with Crippen LogP contribution in [0, 0.1) is 20.8 Å². The Bertz CT molecular complexity index is 812. The summed E-state index contributed by atoms with van der Waals surface area (Å²) in [5.41, 5.74) is 3.92. The summed E-state index contributed by atoms with van der Waals surface area (Å²) in [6.07, 6.45) is 3.57. The van der Waals surface area contributed by atoms with E-state index in [1.165, 1.54) is 18.4 Å². The third-order valence-electron chi connectivity index (χ3n) is 4.93. The van der Waals surface area contributed by atoms with Crippen molar-refractivity contribution in [3.63, 3.8) is 0 Å². The van der Waals surface area contributed by atoms with E-state index in [0.717, 1.165) is 42.5 Å². The highest BCUT2D eigenvalue weighted by molar-refractivity contribution is 5.59. The minimum atomic E-state index is 0.0698. The highest BCUT2D eigenvalue weighted by Crippen LogP contribution is 2.28. The van der Waals surface area contributed by atoms with E-state index >= 15 is 0 Å². The Balaban J connectivity index is 2.03. The summed E-state index contributed by atoms with van der Waals surface area (Å²) in [5.74, 6) is 0.755. The zero-order valence-corrected chi connectivity index (χ0v) is 15.7. The second kappa shape index (κ2) is 7.40. The van der Waals surface area contributed by atoms with Gasteiger partial charge in [0.2, 0.25) is 5.95 Å². The average Bonchev–Trinajstić information content (AvgIpc) is 2.60. The summed E-state index contributed by atoms with van der Waals surface area (Å²) in [5, 5.41) is 0. The van der Waals surface area contributed by atoms with Gasteiger partial charge in [0.05, 0.1) is 13.3 Å². The molecule has 5 heteroatoms. The predicted octanol–water partition coefficient (Wildman–Crippen LogP) is 3.73. The molecule has 0 aliphatic carbocycles. The van der Waals surface area contributed by atoms with Gasteiger partial charge in [-0.2, -0.15) is 0 Å². The van der Waals surface area contributed by atoms with Crippen LogP contribution in [0.1, 0.15) is 43.0 Å². The number of hydrogen-bond donors (Lipinski definition) is 0. The Morgan fingerprint density at radius 1 is 1.12 bits per heavy atom. The number of rotatable bonds is 5. The maximum Gasteiger partial charge on any atom is 0.259 e. The van der Waals surface area contributed by atoms with E-state index in [1.807, 2.05) is 18.4 Å². The number of unbranched alkanes of at least 4 members (excludes halogenated alkanes) is 2. The molecule has 0 saturated carbocycles. The summed E-state index contributed by atoms with van der Waals surface area (Å²) in [7, 11) is 0. The SMILES string of the molecule is CCCCCN1CN(c2cccc(C)c2)c2nc(C)c(C)c(=O)n2C1. The van der Waals surface area contributed by atoms with Gasteiger partial charge < -0.3 is 0 Å². The van der Waals surface area contributed by atoms with Crippen molar-refractivity contribution in [2.45, 2.75) is 53.6 Å². The summed E-state index contributed by atoms with van der Waals surface area (Å²) in [6, 6.07) is 8.40. The number of aromatic nitrogens is 2. The third kappa shape index (κ3) is 3.61. The number of nitrogens with zero attached hydrogens (tertiary/aromatic N) is 4. The molecule has 0 N–H and O–H groups in total. The van der Waals surface area contributed by atoms with Crippen molar-refractivity contribution >= 4 is 11.6 Å². The van der Waals surface area contributed by atoms with Crippen LogP contribution in [0.5, 0.6) is 0 Å². The van der Waals surface area contributed by atoms with Crippen LogP contribution >= 0.6 is 0 Å². The van der Waals surface area contributed by atoms with Crippen LogP contribution in [0.2, 0.25) is 0 Å². The molecule has 2 aromatic rings. The lowest BCUT2D eigenvalue weighted by Gasteiger charge is -2.38. The summed E-state index contributed by atoms with van der Waals surface area (Å²) < 4.78 is 1.82. The highest BCUT2D eigenvalue weighted by atomic mass is 16.1. The minimum Gasteiger partial charge on any atom is -0.298 e. The lowest BCUT2D eigenvalue weighted by Crippen LogP contribution is -2.48. The van der Waals surface area contributed by atoms with E-state index in [9.17, 15) is 4.79 Å². The van der Waals surface area contributed by atoms with Gasteiger partial charge in [0.1, 0.15) is 0 Å². The molecule has 25 heavy (non-hydrogen) atoms. The first-order valence-electron chi connectivity index (χ1n) is 9.16. The fourth-order valence-electron chi connectivity index (χ4n) is 3.30. The van der Waals surface area contributed by atoms with Gasteiger partial charge in [-0.25, -0.2) is 4.98 Å². The van der Waals surface area contributed by atoms with Crippen molar-refractivity contribution in [3.8, 4) is 0 Å². The van der Waals surface area contributed by atoms with Crippen molar-refractivity contribution in [3.05, 3.63) is 51.4 Å². The lowest BCUT2D eigenvalue weighted by atomic mass is 10.2. The largest absolute Gasteiger partial charge is 0.298 e. The van der Waals surface area contributed by atoms with Gasteiger partial charge in [-0.05, 0) is 44.9 Å². The average molecular weight is 340 g/mol. The van der Waals surface area contributed by atoms with Gasteiger partial charge in [0.15, 0.2) is 0 Å². The van der Waals surface area contributed by atoms with E-state index in [2.05, 4.69) is 47.9 Å². The molecule has 0 bridgehead atoms. The molecule has 0 fully saturated rings. The Hall–Kier alpha value is -2.14. The molecule has 0 amide bonds. The monoisotopic (exact) mass is 340 g/mol. The van der Waals surface area contributed by atoms with Gasteiger partial charge >= 0.3 is 0 Å². The van der Waals surface area contributed by atoms with Crippen LogP contribution in [0.4, 0.5) is 11.6 Å². The zero-order valence-electron chi connectivity index (χ0n) is 15.7. The van der Waals surface area contributed by atoms with Gasteiger partial charge in [-0.1, -0.05) is 31.9 Å². The van der Waals surface area contributed by atoms with Crippen molar-refractivity contribution in [2.75, 3.05) is 18.1 Å². The van der Waals surface area contributed by atoms with E-state index in [1.54, 1.807) is 0 Å². The van der Waals surface area contributed by atoms with Crippen molar-refractivity contribution in [1.82, 2.24) is 14.5 Å². The van der Waals surface area contributed by atoms with Crippen molar-refractivity contribution in [1.29, 1.82) is 0 Å². The molecule has 0 unspecified atom stereocenters. The van der Waals surface area contributed by atoms with Gasteiger partial charge in [-0.3, -0.25) is 19.2 Å². The second-order valence-electron chi connectivity index (χ2n) is 7.01. The topological polar surface area (TPSA) is 41.4 Å². The number of benzene rings is 1. The summed E-state index contributed by atoms with van der Waals surface area (Å²) >= 11 is 0. The maximum atomic E-state index is 12.8. The minimum absolute atomic E-state index is 0.0698. The van der Waals surface area contributed by atoms with Crippen LogP contribution in [0.25, 0.3) is 0 Å². The normalized spacial score (nSPS) is 14.6. The molecule has 1 aliphatic rings. The molecule has 0 radical (unpaired) electrons. The van der Waals surface area contributed by atoms with Crippen LogP contribution in [-0.4, -0.2) is 27.7 Å². The standard InChI is InChI=1S/C20H28N4O/c1-5-6-7-11-22-13-23(18-10-8-9-15(2)12-18)20-21-17(4)16(3)19(25)24(20)14-22/h8-10,12H,5-7,11,13-14H2,1-4H3. The third-order valence-corrected chi connectivity index (χ3v) is 4.93. The maximum absolute atomic E-state index is 12.8. The van der Waals surface area contributed by atoms with E-state index in [0.29, 0.717) is 6.67 Å². The quantitative estimate of drug-likeness (QED) is 0.778. The van der Waals surface area contributed by atoms with Crippen molar-refractivity contribution < 1.29 is 0 Å². The fraction of sp³-hybridized carbons (Fsp3) is 0.500. The Morgan fingerprint density at radius 3 is 2.64 bits per heavy atom. The molecule has 3 rings (SSSR count). The number of fused-ring (bicyclic) bond motifs is 1. The first-order valence-corrected chi connectivity index (χ1v) is 9.16. The molecule has 1 aromatic heterocycles. The van der Waals surface area contributed by atoms with Crippen LogP contribution in [0.15, 0.2) is 29.1 Å². The molecule has 0 saturated heterocycles. The van der Waals surface area contributed by atoms with Crippen LogP contribution < -0.4 is 10.5 Å². The predicted molar refractivity (Wildman–Crippen MR) is 102 cm³/mol. The number of hydrogen-bond acceptors (Lipinski definition) is 4. The number of anilines is 2. The molecule has 1 aromatic carbocycles. The molecule has 0 spiro atoms. The Morgan fingerprint density at radius 2 is 1.92 bits per heavy atom. The molecule has 5 nitrogen and oxygen atoms in total. The molecule has 1 aliphatic heterocycles. The van der Waals surface area contributed by atoms with Gasteiger partial charge in [-0.15, -0.1) is 0 Å². The van der Waals surface area contributed by atoms with E-state index in [4.69, 9.17) is 4.98 Å². The van der Waals surface area contributed by atoms with Crippen LogP contribution in [0.3, 0.4) is 0 Å². The van der Waals surface area contributed by atoms with Gasteiger partial charge in [0.25, 0.3) is 5.56 Å². The molecular formula is C20H28N4O. The summed E-state index contributed by atoms with van der Waals surface area (Å²) in [6.45, 7) is 10.5. The second-order valence-corrected chi connectivity index (χ2v) is 7.01. The smallest absolute Gasteiger partial charge is 0.259 e. The molecule has 134 valence electrons. The van der Waals surface area contributed by atoms with Crippen LogP contribution in [-0.2, 0) is 6.67 Å².